The molecule has 3 nitrogen and oxygen atoms in total. The van der Waals surface area contributed by atoms with E-state index in [1.165, 1.54) is 19.4 Å². The molecule has 0 saturated carbocycles. The van der Waals surface area contributed by atoms with Crippen molar-refractivity contribution in [2.45, 2.75) is 64.7 Å². The zero-order chi connectivity index (χ0) is 15.3. The highest BCUT2D eigenvalue weighted by atomic mass is 28.4. The molecule has 0 radical (unpaired) electrons. The molecular formula is C13H35NO2Si3. The zero-order valence-corrected chi connectivity index (χ0v) is 17.6. The van der Waals surface area contributed by atoms with Gasteiger partial charge < -0.3 is 13.1 Å². The topological polar surface area (TPSA) is 21.7 Å². The number of nitrogens with zero attached hydrogens (tertiary/aromatic N) is 1. The predicted molar refractivity (Wildman–Crippen MR) is 93.1 cm³/mol. The third kappa shape index (κ3) is 7.19. The van der Waals surface area contributed by atoms with Gasteiger partial charge in [0.05, 0.1) is 0 Å². The second-order valence-electron chi connectivity index (χ2n) is 7.49. The molecule has 0 rings (SSSR count). The van der Waals surface area contributed by atoms with E-state index in [-0.39, 0.29) is 0 Å². The Morgan fingerprint density at radius 2 is 1.16 bits per heavy atom. The van der Waals surface area contributed by atoms with E-state index >= 15 is 0 Å². The van der Waals surface area contributed by atoms with E-state index in [1.807, 2.05) is 0 Å². The first kappa shape index (κ1) is 19.5. The van der Waals surface area contributed by atoms with Crippen molar-refractivity contribution in [1.82, 2.24) is 4.23 Å². The van der Waals surface area contributed by atoms with Gasteiger partial charge in [-0.2, -0.15) is 0 Å². The van der Waals surface area contributed by atoms with Crippen molar-refractivity contribution in [3.05, 3.63) is 0 Å². The Kier molecular flexibility index (Phi) is 7.72. The molecule has 0 N–H and O–H groups in total. The van der Waals surface area contributed by atoms with Crippen LogP contribution in [0.4, 0.5) is 0 Å². The summed E-state index contributed by atoms with van der Waals surface area (Å²) in [6, 6.07) is 1.10. The van der Waals surface area contributed by atoms with Crippen molar-refractivity contribution in [3.8, 4) is 0 Å². The van der Waals surface area contributed by atoms with Crippen molar-refractivity contribution in [3.63, 3.8) is 0 Å². The Morgan fingerprint density at radius 1 is 0.737 bits per heavy atom. The van der Waals surface area contributed by atoms with Gasteiger partial charge in [0.15, 0.2) is 0 Å². The maximum atomic E-state index is 5.55. The molecule has 0 fully saturated rings. The maximum absolute atomic E-state index is 5.55. The van der Waals surface area contributed by atoms with Crippen molar-refractivity contribution in [2.75, 3.05) is 20.8 Å². The van der Waals surface area contributed by atoms with Crippen molar-refractivity contribution in [1.29, 1.82) is 0 Å². The largest absolute Gasteiger partial charge is 0.398 e. The van der Waals surface area contributed by atoms with E-state index in [1.54, 1.807) is 14.2 Å². The van der Waals surface area contributed by atoms with E-state index in [9.17, 15) is 0 Å². The van der Waals surface area contributed by atoms with Crippen LogP contribution < -0.4 is 0 Å². The lowest BCUT2D eigenvalue weighted by Crippen LogP contribution is -2.59. The Bertz CT molecular complexity index is 244. The van der Waals surface area contributed by atoms with Gasteiger partial charge in [-0.15, -0.1) is 0 Å². The molecule has 0 aromatic heterocycles. The summed E-state index contributed by atoms with van der Waals surface area (Å²) in [5.41, 5.74) is 0. The molecule has 19 heavy (non-hydrogen) atoms. The summed E-state index contributed by atoms with van der Waals surface area (Å²) in [6.45, 7) is 18.2. The molecule has 6 heteroatoms. The highest BCUT2D eigenvalue weighted by Gasteiger charge is 2.34. The van der Waals surface area contributed by atoms with Crippen LogP contribution in [0.25, 0.3) is 0 Å². The normalized spacial score (nSPS) is 14.2. The van der Waals surface area contributed by atoms with Crippen molar-refractivity contribution < 1.29 is 8.85 Å². The summed E-state index contributed by atoms with van der Waals surface area (Å²) < 4.78 is 14.0. The molecule has 0 aliphatic heterocycles. The van der Waals surface area contributed by atoms with Gasteiger partial charge in [-0.25, -0.2) is 0 Å². The van der Waals surface area contributed by atoms with Crippen LogP contribution in [0.3, 0.4) is 0 Å². The number of hydrogen-bond acceptors (Lipinski definition) is 3. The van der Waals surface area contributed by atoms with Crippen LogP contribution in [0, 0.1) is 0 Å². The molecular weight excluding hydrogens is 286 g/mol. The van der Waals surface area contributed by atoms with Crippen molar-refractivity contribution >= 4 is 25.0 Å². The third-order valence-electron chi connectivity index (χ3n) is 3.75. The summed E-state index contributed by atoms with van der Waals surface area (Å²) in [4.78, 5) is 0. The van der Waals surface area contributed by atoms with Gasteiger partial charge >= 0.3 is 8.56 Å². The second-order valence-corrected chi connectivity index (χ2v) is 21.3. The summed E-state index contributed by atoms with van der Waals surface area (Å²) in [5.74, 6) is 0. The van der Waals surface area contributed by atoms with Crippen molar-refractivity contribution in [2.24, 2.45) is 0 Å². The Balaban J connectivity index is 4.31. The van der Waals surface area contributed by atoms with Gasteiger partial charge in [-0.1, -0.05) is 45.7 Å². The first-order valence-corrected chi connectivity index (χ1v) is 16.8. The van der Waals surface area contributed by atoms with Gasteiger partial charge in [0.2, 0.25) is 0 Å². The van der Waals surface area contributed by atoms with E-state index in [4.69, 9.17) is 8.85 Å². The van der Waals surface area contributed by atoms with E-state index in [2.05, 4.69) is 50.1 Å². The SMILES string of the molecule is CO[Si](C)(CCCCN([Si](C)(C)C)[Si](C)(C)C)OC. The smallest absolute Gasteiger partial charge is 0.334 e. The van der Waals surface area contributed by atoms with Gasteiger partial charge in [0.1, 0.15) is 16.5 Å². The van der Waals surface area contributed by atoms with E-state index in [0.717, 1.165) is 6.04 Å². The lowest BCUT2D eigenvalue weighted by atomic mass is 10.3. The first-order chi connectivity index (χ1) is 8.46. The lowest BCUT2D eigenvalue weighted by Gasteiger charge is -2.43. The monoisotopic (exact) mass is 321 g/mol. The second kappa shape index (κ2) is 7.51. The molecule has 0 saturated heterocycles. The number of unbranched alkanes of at least 4 members (excludes halogenated alkanes) is 1. The fourth-order valence-electron chi connectivity index (χ4n) is 2.68. The first-order valence-electron chi connectivity index (χ1n) is 7.34. The quantitative estimate of drug-likeness (QED) is 0.471. The molecule has 0 aliphatic rings. The highest BCUT2D eigenvalue weighted by molar-refractivity contribution is 6.89. The van der Waals surface area contributed by atoms with Gasteiger partial charge in [-0.05, 0) is 25.6 Å². The summed E-state index contributed by atoms with van der Waals surface area (Å²) >= 11 is 0. The average molecular weight is 322 g/mol. The summed E-state index contributed by atoms with van der Waals surface area (Å²) in [7, 11) is -0.671. The molecule has 0 aromatic rings. The minimum atomic E-state index is -1.86. The molecule has 0 aliphatic carbocycles. The van der Waals surface area contributed by atoms with Crippen LogP contribution in [0.5, 0.6) is 0 Å². The average Bonchev–Trinajstić information content (AvgIpc) is 2.24. The van der Waals surface area contributed by atoms with Crippen LogP contribution in [-0.2, 0) is 8.85 Å². The molecule has 0 unspecified atom stereocenters. The Morgan fingerprint density at radius 3 is 1.47 bits per heavy atom. The van der Waals surface area contributed by atoms with Crippen LogP contribution in [0.2, 0.25) is 51.9 Å². The molecule has 0 spiro atoms. The highest BCUT2D eigenvalue weighted by Crippen LogP contribution is 2.22. The van der Waals surface area contributed by atoms with E-state index in [0.29, 0.717) is 0 Å². The minimum absolute atomic E-state index is 1.10. The molecule has 0 atom stereocenters. The molecule has 0 aromatic carbocycles. The Hall–Kier alpha value is 0.531. The summed E-state index contributed by atoms with van der Waals surface area (Å²) in [5, 5.41) is 0. The van der Waals surface area contributed by atoms with Crippen LogP contribution in [0.15, 0.2) is 0 Å². The lowest BCUT2D eigenvalue weighted by molar-refractivity contribution is 0.248. The standard InChI is InChI=1S/C13H35NO2Si3/c1-15-19(9,16-2)13-11-10-12-14(17(3,4)5)18(6,7)8/h10-13H2,1-9H3. The van der Waals surface area contributed by atoms with Gasteiger partial charge in [0.25, 0.3) is 0 Å². The van der Waals surface area contributed by atoms with E-state index < -0.39 is 25.0 Å². The molecule has 0 amide bonds. The van der Waals surface area contributed by atoms with Crippen LogP contribution in [-0.4, -0.2) is 50.0 Å². The number of rotatable bonds is 9. The van der Waals surface area contributed by atoms with Gasteiger partial charge in [0, 0.05) is 14.2 Å². The third-order valence-corrected chi connectivity index (χ3v) is 14.4. The van der Waals surface area contributed by atoms with Gasteiger partial charge in [-0.3, -0.25) is 0 Å². The molecule has 0 bridgehead atoms. The minimum Gasteiger partial charge on any atom is -0.398 e. The predicted octanol–water partition coefficient (Wildman–Crippen LogP) is 4.10. The molecule has 116 valence electrons. The maximum Gasteiger partial charge on any atom is 0.334 e. The van der Waals surface area contributed by atoms with Crippen LogP contribution >= 0.6 is 0 Å². The fourth-order valence-corrected chi connectivity index (χ4v) is 13.9. The number of hydrogen-bond donors (Lipinski definition) is 0. The fraction of sp³-hybridized carbons (Fsp3) is 1.00. The van der Waals surface area contributed by atoms with Crippen LogP contribution in [0.1, 0.15) is 12.8 Å². The zero-order valence-electron chi connectivity index (χ0n) is 14.6. The Labute approximate surface area is 124 Å². The summed E-state index contributed by atoms with van der Waals surface area (Å²) in [6.07, 6.45) is 2.49. The molecule has 0 heterocycles.